The van der Waals surface area contributed by atoms with E-state index < -0.39 is 0 Å². The number of benzene rings is 1. The predicted molar refractivity (Wildman–Crippen MR) is 94.7 cm³/mol. The second-order valence-electron chi connectivity index (χ2n) is 8.60. The van der Waals surface area contributed by atoms with E-state index in [-0.39, 0.29) is 36.5 Å². The average molecular weight is 345 g/mol. The van der Waals surface area contributed by atoms with Gasteiger partial charge in [-0.1, -0.05) is 12.1 Å². The molecule has 0 aromatic heterocycles. The molecule has 5 rings (SSSR count). The van der Waals surface area contributed by atoms with Crippen molar-refractivity contribution in [2.24, 2.45) is 23.2 Å². The summed E-state index contributed by atoms with van der Waals surface area (Å²) in [5, 5.41) is 3.23. The zero-order valence-corrected chi connectivity index (χ0v) is 15.0. The Kier molecular flexibility index (Phi) is 4.47. The van der Waals surface area contributed by atoms with Gasteiger partial charge in [0.15, 0.2) is 11.6 Å². The number of hydrogen-bond acceptors (Lipinski definition) is 2. The van der Waals surface area contributed by atoms with Gasteiger partial charge in [0.2, 0.25) is 5.91 Å². The first-order valence-corrected chi connectivity index (χ1v) is 9.71. The van der Waals surface area contributed by atoms with Crippen LogP contribution in [0.15, 0.2) is 24.3 Å². The van der Waals surface area contributed by atoms with Crippen molar-refractivity contribution in [1.82, 2.24) is 5.32 Å². The fourth-order valence-corrected chi connectivity index (χ4v) is 5.99. The summed E-state index contributed by atoms with van der Waals surface area (Å²) < 4.78 is 18.9. The third kappa shape index (κ3) is 3.40. The fraction of sp³-hybridized carbons (Fsp3) is 0.667. The number of carbonyl (C=O) groups excluding carboxylic acids is 1. The summed E-state index contributed by atoms with van der Waals surface area (Å²) in [5.41, 5.74) is 0.316. The van der Waals surface area contributed by atoms with Gasteiger partial charge in [-0.15, -0.1) is 0 Å². The largest absolute Gasteiger partial charge is 0.490 e. The van der Waals surface area contributed by atoms with Gasteiger partial charge in [-0.2, -0.15) is 0 Å². The summed E-state index contributed by atoms with van der Waals surface area (Å²) in [6.07, 6.45) is 8.36. The van der Waals surface area contributed by atoms with Gasteiger partial charge in [0.1, 0.15) is 0 Å². The lowest BCUT2D eigenvalue weighted by molar-refractivity contribution is -0.126. The number of nitrogens with one attached hydrogen (secondary N) is 1. The molecule has 4 bridgehead atoms. The first-order chi connectivity index (χ1) is 12.0. The third-order valence-electron chi connectivity index (χ3n) is 6.80. The second-order valence-corrected chi connectivity index (χ2v) is 8.60. The Morgan fingerprint density at radius 2 is 1.80 bits per heavy atom. The highest BCUT2D eigenvalue weighted by atomic mass is 19.1. The molecule has 0 aliphatic heterocycles. The van der Waals surface area contributed by atoms with Crippen molar-refractivity contribution >= 4 is 5.91 Å². The minimum Gasteiger partial charge on any atom is -0.490 e. The fourth-order valence-electron chi connectivity index (χ4n) is 5.99. The highest BCUT2D eigenvalue weighted by Gasteiger charge is 2.53. The summed E-state index contributed by atoms with van der Waals surface area (Å²) in [5.74, 6) is 2.49. The summed E-state index contributed by atoms with van der Waals surface area (Å²) in [4.78, 5) is 12.3. The molecule has 1 aromatic carbocycles. The van der Waals surface area contributed by atoms with E-state index in [2.05, 4.69) is 12.2 Å². The lowest BCUT2D eigenvalue weighted by Gasteiger charge is -2.59. The standard InChI is InChI=1S/C21H28FNO2/c1-14(21-11-15-8-16(12-21)10-17(9-15)13-21)23-20(24)6-7-25-19-5-3-2-4-18(19)22/h2-5,14-17H,6-13H2,1H3,(H,23,24). The first-order valence-electron chi connectivity index (χ1n) is 9.71. The molecule has 3 nitrogen and oxygen atoms in total. The molecule has 4 fully saturated rings. The van der Waals surface area contributed by atoms with E-state index in [0.717, 1.165) is 17.8 Å². The maximum Gasteiger partial charge on any atom is 0.223 e. The first kappa shape index (κ1) is 16.9. The van der Waals surface area contributed by atoms with Crippen LogP contribution >= 0.6 is 0 Å². The monoisotopic (exact) mass is 345 g/mol. The highest BCUT2D eigenvalue weighted by Crippen LogP contribution is 2.61. The van der Waals surface area contributed by atoms with E-state index in [1.165, 1.54) is 44.6 Å². The van der Waals surface area contributed by atoms with Crippen LogP contribution in [0.2, 0.25) is 0 Å². The SMILES string of the molecule is CC(NC(=O)CCOc1ccccc1F)C12CC3CC(CC(C3)C1)C2. The van der Waals surface area contributed by atoms with E-state index in [9.17, 15) is 9.18 Å². The summed E-state index contributed by atoms with van der Waals surface area (Å²) in [6.45, 7) is 2.39. The van der Waals surface area contributed by atoms with Crippen LogP contribution in [0, 0.1) is 29.0 Å². The topological polar surface area (TPSA) is 38.3 Å². The minimum absolute atomic E-state index is 0.0135. The molecule has 4 aliphatic carbocycles. The number of rotatable bonds is 6. The lowest BCUT2D eigenvalue weighted by Crippen LogP contribution is -2.55. The Bertz CT molecular complexity index is 609. The van der Waals surface area contributed by atoms with Gasteiger partial charge >= 0.3 is 0 Å². The van der Waals surface area contributed by atoms with Gasteiger partial charge in [-0.3, -0.25) is 4.79 Å². The van der Waals surface area contributed by atoms with Crippen LogP contribution in [-0.2, 0) is 4.79 Å². The molecule has 1 aromatic rings. The number of carbonyl (C=O) groups is 1. The summed E-state index contributed by atoms with van der Waals surface area (Å²) in [7, 11) is 0. The number of ether oxygens (including phenoxy) is 1. The number of halogens is 1. The molecule has 0 saturated heterocycles. The van der Waals surface area contributed by atoms with Crippen LogP contribution in [0.4, 0.5) is 4.39 Å². The maximum atomic E-state index is 13.5. The molecular formula is C21H28FNO2. The zero-order chi connectivity index (χ0) is 17.4. The van der Waals surface area contributed by atoms with Gasteiger partial charge in [-0.25, -0.2) is 4.39 Å². The molecule has 1 N–H and O–H groups in total. The smallest absolute Gasteiger partial charge is 0.223 e. The van der Waals surface area contributed by atoms with E-state index in [1.807, 2.05) is 0 Å². The highest BCUT2D eigenvalue weighted by molar-refractivity contribution is 5.76. The summed E-state index contributed by atoms with van der Waals surface area (Å²) in [6, 6.07) is 6.53. The quantitative estimate of drug-likeness (QED) is 0.834. The normalized spacial score (nSPS) is 33.9. The molecule has 1 amide bonds. The van der Waals surface area contributed by atoms with Crippen LogP contribution in [0.25, 0.3) is 0 Å². The van der Waals surface area contributed by atoms with Crippen molar-refractivity contribution in [2.45, 2.75) is 57.9 Å². The molecule has 1 atom stereocenters. The Balaban J connectivity index is 1.28. The van der Waals surface area contributed by atoms with Crippen LogP contribution < -0.4 is 10.1 Å². The van der Waals surface area contributed by atoms with Crippen molar-refractivity contribution in [3.05, 3.63) is 30.1 Å². The number of amides is 1. The van der Waals surface area contributed by atoms with Gasteiger partial charge < -0.3 is 10.1 Å². The lowest BCUT2D eigenvalue weighted by atomic mass is 9.48. The molecule has 4 saturated carbocycles. The van der Waals surface area contributed by atoms with Crippen molar-refractivity contribution in [3.8, 4) is 5.75 Å². The molecule has 0 radical (unpaired) electrons. The molecule has 0 spiro atoms. The molecule has 4 aliphatic rings. The second kappa shape index (κ2) is 6.62. The number of para-hydroxylation sites is 1. The van der Waals surface area contributed by atoms with Crippen molar-refractivity contribution < 1.29 is 13.9 Å². The molecule has 1 unspecified atom stereocenters. The molecule has 4 heteroatoms. The van der Waals surface area contributed by atoms with Crippen molar-refractivity contribution in [1.29, 1.82) is 0 Å². The van der Waals surface area contributed by atoms with Crippen molar-refractivity contribution in [2.75, 3.05) is 6.61 Å². The number of hydrogen-bond donors (Lipinski definition) is 1. The van der Waals surface area contributed by atoms with Gasteiger partial charge in [0, 0.05) is 6.04 Å². The Labute approximate surface area is 149 Å². The molecule has 25 heavy (non-hydrogen) atoms. The van der Waals surface area contributed by atoms with Gasteiger partial charge in [0.25, 0.3) is 0 Å². The van der Waals surface area contributed by atoms with Crippen LogP contribution in [-0.4, -0.2) is 18.6 Å². The zero-order valence-electron chi connectivity index (χ0n) is 15.0. The van der Waals surface area contributed by atoms with E-state index >= 15 is 0 Å². The van der Waals surface area contributed by atoms with Gasteiger partial charge in [-0.05, 0) is 80.8 Å². The van der Waals surface area contributed by atoms with Crippen LogP contribution in [0.1, 0.15) is 51.9 Å². The van der Waals surface area contributed by atoms with Crippen LogP contribution in [0.5, 0.6) is 5.75 Å². The van der Waals surface area contributed by atoms with Crippen molar-refractivity contribution in [3.63, 3.8) is 0 Å². The Morgan fingerprint density at radius 1 is 1.20 bits per heavy atom. The molecule has 0 heterocycles. The third-order valence-corrected chi connectivity index (χ3v) is 6.80. The van der Waals surface area contributed by atoms with E-state index in [4.69, 9.17) is 4.74 Å². The summed E-state index contributed by atoms with van der Waals surface area (Å²) >= 11 is 0. The van der Waals surface area contributed by atoms with E-state index in [0.29, 0.717) is 5.41 Å². The minimum atomic E-state index is -0.384. The average Bonchev–Trinajstić information content (AvgIpc) is 2.55. The van der Waals surface area contributed by atoms with E-state index in [1.54, 1.807) is 18.2 Å². The molecular weight excluding hydrogens is 317 g/mol. The van der Waals surface area contributed by atoms with Crippen LogP contribution in [0.3, 0.4) is 0 Å². The molecule has 136 valence electrons. The Hall–Kier alpha value is -1.58. The van der Waals surface area contributed by atoms with Gasteiger partial charge in [0.05, 0.1) is 13.0 Å². The maximum absolute atomic E-state index is 13.5. The predicted octanol–water partition coefficient (Wildman–Crippen LogP) is 4.32. The Morgan fingerprint density at radius 3 is 2.40 bits per heavy atom.